The largest absolute Gasteiger partial charge is 0.440 e. The number of halogens is 3. The van der Waals surface area contributed by atoms with Crippen molar-refractivity contribution in [3.05, 3.63) is 28.5 Å². The van der Waals surface area contributed by atoms with Gasteiger partial charge in [-0.25, -0.2) is 18.6 Å². The summed E-state index contributed by atoms with van der Waals surface area (Å²) in [6.45, 7) is -0.388. The van der Waals surface area contributed by atoms with Gasteiger partial charge >= 0.3 is 6.09 Å². The quantitative estimate of drug-likeness (QED) is 0.794. The van der Waals surface area contributed by atoms with Gasteiger partial charge in [0.1, 0.15) is 4.60 Å². The minimum atomic E-state index is -2.53. The summed E-state index contributed by atoms with van der Waals surface area (Å²) < 4.78 is 30.4. The SMILES string of the molecule is O=C1N=C(N(Cc2ccc(Br)nc2)CC(F)F)CO1. The van der Waals surface area contributed by atoms with Crippen LogP contribution in [0.2, 0.25) is 0 Å². The minimum Gasteiger partial charge on any atom is -0.440 e. The van der Waals surface area contributed by atoms with Gasteiger partial charge in [-0.15, -0.1) is 0 Å². The van der Waals surface area contributed by atoms with Crippen molar-refractivity contribution in [1.82, 2.24) is 9.88 Å². The highest BCUT2D eigenvalue weighted by molar-refractivity contribution is 9.10. The van der Waals surface area contributed by atoms with E-state index in [-0.39, 0.29) is 19.0 Å². The molecule has 0 aromatic carbocycles. The molecule has 1 amide bonds. The summed E-state index contributed by atoms with van der Waals surface area (Å²) in [7, 11) is 0. The number of aliphatic imine (C=N–C) groups is 1. The van der Waals surface area contributed by atoms with E-state index in [2.05, 4.69) is 30.6 Å². The molecule has 0 spiro atoms. The first-order valence-electron chi connectivity index (χ1n) is 5.42. The number of carbonyl (C=O) groups is 1. The van der Waals surface area contributed by atoms with E-state index in [9.17, 15) is 13.6 Å². The Balaban J connectivity index is 2.11. The third kappa shape index (κ3) is 3.95. The lowest BCUT2D eigenvalue weighted by Gasteiger charge is -2.22. The van der Waals surface area contributed by atoms with Gasteiger partial charge in [0, 0.05) is 12.7 Å². The molecule has 0 radical (unpaired) electrons. The van der Waals surface area contributed by atoms with E-state index < -0.39 is 19.1 Å². The number of carbonyl (C=O) groups excluding carboxylic acids is 1. The number of nitrogens with zero attached hydrogens (tertiary/aromatic N) is 3. The van der Waals surface area contributed by atoms with Gasteiger partial charge in [-0.2, -0.15) is 4.99 Å². The molecule has 2 heterocycles. The maximum absolute atomic E-state index is 12.6. The molecule has 0 atom stereocenters. The van der Waals surface area contributed by atoms with Crippen molar-refractivity contribution in [2.24, 2.45) is 4.99 Å². The Morgan fingerprint density at radius 1 is 1.47 bits per heavy atom. The van der Waals surface area contributed by atoms with Gasteiger partial charge < -0.3 is 9.64 Å². The van der Waals surface area contributed by atoms with Gasteiger partial charge in [0.2, 0.25) is 0 Å². The van der Waals surface area contributed by atoms with Gasteiger partial charge in [0.25, 0.3) is 6.43 Å². The van der Waals surface area contributed by atoms with Crippen molar-refractivity contribution in [1.29, 1.82) is 0 Å². The third-order valence-electron chi connectivity index (χ3n) is 2.43. The third-order valence-corrected chi connectivity index (χ3v) is 2.90. The average molecular weight is 334 g/mol. The summed E-state index contributed by atoms with van der Waals surface area (Å²) in [5.74, 6) is 0.216. The molecule has 102 valence electrons. The molecule has 1 aliphatic rings. The highest BCUT2D eigenvalue weighted by atomic mass is 79.9. The van der Waals surface area contributed by atoms with Crippen LogP contribution in [0.4, 0.5) is 13.6 Å². The molecule has 0 saturated carbocycles. The highest BCUT2D eigenvalue weighted by Crippen LogP contribution is 2.13. The van der Waals surface area contributed by atoms with Crippen LogP contribution in [0.3, 0.4) is 0 Å². The number of amidine groups is 1. The normalized spacial score (nSPS) is 14.5. The number of amides is 1. The Hall–Kier alpha value is -1.57. The fourth-order valence-electron chi connectivity index (χ4n) is 1.61. The van der Waals surface area contributed by atoms with Crippen molar-refractivity contribution in [3.8, 4) is 0 Å². The van der Waals surface area contributed by atoms with E-state index in [0.29, 0.717) is 4.60 Å². The molecule has 8 heteroatoms. The maximum Gasteiger partial charge on any atom is 0.435 e. The van der Waals surface area contributed by atoms with E-state index in [4.69, 9.17) is 0 Å². The highest BCUT2D eigenvalue weighted by Gasteiger charge is 2.23. The first-order chi connectivity index (χ1) is 9.04. The van der Waals surface area contributed by atoms with Crippen molar-refractivity contribution in [3.63, 3.8) is 0 Å². The van der Waals surface area contributed by atoms with Crippen LogP contribution in [-0.4, -0.2) is 41.4 Å². The van der Waals surface area contributed by atoms with Crippen molar-refractivity contribution >= 4 is 27.9 Å². The topological polar surface area (TPSA) is 54.8 Å². The molecule has 5 nitrogen and oxygen atoms in total. The van der Waals surface area contributed by atoms with E-state index in [1.54, 1.807) is 18.3 Å². The van der Waals surface area contributed by atoms with Crippen LogP contribution in [-0.2, 0) is 11.3 Å². The van der Waals surface area contributed by atoms with E-state index in [1.165, 1.54) is 4.90 Å². The molecule has 0 saturated heterocycles. The number of cyclic esters (lactones) is 1. The summed E-state index contributed by atoms with van der Waals surface area (Å²) in [6, 6.07) is 3.47. The van der Waals surface area contributed by atoms with Gasteiger partial charge in [-0.3, -0.25) is 0 Å². The fourth-order valence-corrected chi connectivity index (χ4v) is 1.84. The van der Waals surface area contributed by atoms with Crippen LogP contribution in [0.1, 0.15) is 5.56 Å². The molecule has 19 heavy (non-hydrogen) atoms. The zero-order valence-corrected chi connectivity index (χ0v) is 11.3. The Morgan fingerprint density at radius 3 is 2.79 bits per heavy atom. The Kier molecular flexibility index (Phi) is 4.41. The molecule has 1 aromatic heterocycles. The number of pyridine rings is 1. The molecule has 0 N–H and O–H groups in total. The second-order valence-corrected chi connectivity index (χ2v) is 4.66. The minimum absolute atomic E-state index is 0.0739. The lowest BCUT2D eigenvalue weighted by molar-refractivity contribution is 0.112. The molecule has 1 aromatic rings. The monoisotopic (exact) mass is 333 g/mol. The Morgan fingerprint density at radius 2 is 2.26 bits per heavy atom. The van der Waals surface area contributed by atoms with Crippen molar-refractivity contribution in [2.45, 2.75) is 13.0 Å². The summed E-state index contributed by atoms with van der Waals surface area (Å²) in [4.78, 5) is 19.8. The molecular weight excluding hydrogens is 324 g/mol. The summed E-state index contributed by atoms with van der Waals surface area (Å²) in [6.07, 6.45) is -1.70. The number of hydrogen-bond acceptors (Lipinski definition) is 4. The molecule has 1 aliphatic heterocycles. The fraction of sp³-hybridized carbons (Fsp3) is 0.364. The van der Waals surface area contributed by atoms with Gasteiger partial charge in [-0.05, 0) is 27.6 Å². The van der Waals surface area contributed by atoms with Crippen molar-refractivity contribution in [2.75, 3.05) is 13.2 Å². The lowest BCUT2D eigenvalue weighted by Crippen LogP contribution is -2.35. The van der Waals surface area contributed by atoms with Crippen LogP contribution in [0.5, 0.6) is 0 Å². The number of aromatic nitrogens is 1. The van der Waals surface area contributed by atoms with E-state index >= 15 is 0 Å². The molecule has 0 fully saturated rings. The number of alkyl halides is 2. The number of rotatable bonds is 4. The van der Waals surface area contributed by atoms with Gasteiger partial charge in [-0.1, -0.05) is 6.07 Å². The standard InChI is InChI=1S/C11H10BrF2N3O2/c12-8-2-1-7(3-15-8)4-17(5-9(13)14)10-6-19-11(18)16-10/h1-3,9H,4-6H2. The Labute approximate surface area is 116 Å². The van der Waals surface area contributed by atoms with Crippen LogP contribution in [0.25, 0.3) is 0 Å². The number of ether oxygens (including phenoxy) is 1. The second-order valence-electron chi connectivity index (χ2n) is 3.84. The van der Waals surface area contributed by atoms with Crippen molar-refractivity contribution < 1.29 is 18.3 Å². The summed E-state index contributed by atoms with van der Waals surface area (Å²) >= 11 is 3.19. The first kappa shape index (κ1) is 13.9. The molecule has 2 rings (SSSR count). The number of hydrogen-bond donors (Lipinski definition) is 0. The predicted octanol–water partition coefficient (Wildman–Crippen LogP) is 2.46. The smallest absolute Gasteiger partial charge is 0.435 e. The molecular formula is C11H10BrF2N3O2. The van der Waals surface area contributed by atoms with Gasteiger partial charge in [0.05, 0.1) is 6.54 Å². The van der Waals surface area contributed by atoms with Crippen LogP contribution < -0.4 is 0 Å². The summed E-state index contributed by atoms with van der Waals surface area (Å²) in [5, 5.41) is 0. The van der Waals surface area contributed by atoms with Crippen LogP contribution in [0.15, 0.2) is 27.9 Å². The van der Waals surface area contributed by atoms with Crippen LogP contribution in [0, 0.1) is 0 Å². The predicted molar refractivity (Wildman–Crippen MR) is 67.1 cm³/mol. The Bertz CT molecular complexity index is 493. The lowest BCUT2D eigenvalue weighted by atomic mass is 10.2. The van der Waals surface area contributed by atoms with E-state index in [1.807, 2.05) is 0 Å². The van der Waals surface area contributed by atoms with Gasteiger partial charge in [0.15, 0.2) is 12.4 Å². The maximum atomic E-state index is 12.6. The average Bonchev–Trinajstić information content (AvgIpc) is 2.77. The molecule has 0 bridgehead atoms. The zero-order chi connectivity index (χ0) is 13.8. The first-order valence-corrected chi connectivity index (χ1v) is 6.22. The van der Waals surface area contributed by atoms with Crippen LogP contribution >= 0.6 is 15.9 Å². The molecule has 0 aliphatic carbocycles. The molecule has 0 unspecified atom stereocenters. The van der Waals surface area contributed by atoms with E-state index in [0.717, 1.165) is 5.56 Å². The second kappa shape index (κ2) is 6.05. The summed E-state index contributed by atoms with van der Waals surface area (Å²) in [5.41, 5.74) is 0.742. The zero-order valence-electron chi connectivity index (χ0n) is 9.72.